The molecule has 0 spiro atoms. The highest BCUT2D eigenvalue weighted by Crippen LogP contribution is 2.19. The molecule has 1 aromatic heterocycles. The monoisotopic (exact) mass is 426 g/mol. The van der Waals surface area contributed by atoms with Gasteiger partial charge in [-0.3, -0.25) is 14.4 Å². The van der Waals surface area contributed by atoms with Gasteiger partial charge in [-0.2, -0.15) is 5.10 Å². The Balaban J connectivity index is 2.26. The predicted molar refractivity (Wildman–Crippen MR) is 119 cm³/mol. The van der Waals surface area contributed by atoms with Crippen LogP contribution in [0.15, 0.2) is 55.1 Å². The number of hydrogen-bond donors (Lipinski definition) is 1. The van der Waals surface area contributed by atoms with E-state index in [0.29, 0.717) is 29.4 Å². The zero-order valence-corrected chi connectivity index (χ0v) is 18.6. The zero-order chi connectivity index (χ0) is 23.0. The van der Waals surface area contributed by atoms with Gasteiger partial charge in [-0.05, 0) is 38.5 Å². The molecule has 1 atom stereocenters. The van der Waals surface area contributed by atoms with E-state index in [1.807, 2.05) is 31.2 Å². The highest BCUT2D eigenvalue weighted by Gasteiger charge is 2.25. The topological polar surface area (TPSA) is 85.7 Å². The van der Waals surface area contributed by atoms with Gasteiger partial charge in [0.05, 0.1) is 25.1 Å². The van der Waals surface area contributed by atoms with Gasteiger partial charge in [-0.15, -0.1) is 13.2 Å². The van der Waals surface area contributed by atoms with E-state index in [2.05, 4.69) is 23.6 Å². The smallest absolute Gasteiger partial charge is 0.270 e. The van der Waals surface area contributed by atoms with E-state index in [-0.39, 0.29) is 12.3 Å². The van der Waals surface area contributed by atoms with Crippen LogP contribution in [0.5, 0.6) is 5.75 Å². The van der Waals surface area contributed by atoms with Gasteiger partial charge in [0.1, 0.15) is 17.5 Å². The van der Waals surface area contributed by atoms with Crippen molar-refractivity contribution in [1.82, 2.24) is 20.2 Å². The number of aromatic nitrogens is 2. The average molecular weight is 427 g/mol. The fourth-order valence-corrected chi connectivity index (χ4v) is 2.84. The van der Waals surface area contributed by atoms with Crippen molar-refractivity contribution < 1.29 is 19.2 Å². The lowest BCUT2D eigenvalue weighted by Crippen LogP contribution is -2.47. The molecule has 0 saturated carbocycles. The number of hydroxylamine groups is 2. The second-order valence-electron chi connectivity index (χ2n) is 7.20. The highest BCUT2D eigenvalue weighted by atomic mass is 16.7. The first-order chi connectivity index (χ1) is 14.8. The number of aryl methyl sites for hydroxylation is 1. The van der Waals surface area contributed by atoms with Crippen molar-refractivity contribution in [2.75, 3.05) is 20.8 Å². The molecule has 166 valence electrons. The van der Waals surface area contributed by atoms with E-state index < -0.39 is 11.9 Å². The van der Waals surface area contributed by atoms with Crippen LogP contribution < -0.4 is 10.1 Å². The first-order valence-corrected chi connectivity index (χ1v) is 9.94. The highest BCUT2D eigenvalue weighted by molar-refractivity contribution is 5.96. The molecule has 2 aromatic rings. The van der Waals surface area contributed by atoms with E-state index in [4.69, 9.17) is 9.57 Å². The number of carbonyl (C=O) groups excluding carboxylic acids is 2. The van der Waals surface area contributed by atoms with Gasteiger partial charge in [-0.1, -0.05) is 17.7 Å². The third-order valence-electron chi connectivity index (χ3n) is 4.51. The Labute approximate surface area is 183 Å². The first-order valence-electron chi connectivity index (χ1n) is 9.94. The summed E-state index contributed by atoms with van der Waals surface area (Å²) in [6.07, 6.45) is 2.59. The van der Waals surface area contributed by atoms with Gasteiger partial charge < -0.3 is 10.1 Å². The van der Waals surface area contributed by atoms with Gasteiger partial charge in [0.15, 0.2) is 0 Å². The van der Waals surface area contributed by atoms with Gasteiger partial charge in [0.2, 0.25) is 0 Å². The van der Waals surface area contributed by atoms with Gasteiger partial charge in [0.25, 0.3) is 11.8 Å². The zero-order valence-electron chi connectivity index (χ0n) is 18.6. The largest absolute Gasteiger partial charge is 0.493 e. The third-order valence-corrected chi connectivity index (χ3v) is 4.51. The minimum Gasteiger partial charge on any atom is -0.493 e. The summed E-state index contributed by atoms with van der Waals surface area (Å²) in [5, 5.41) is 8.27. The molecule has 0 fully saturated rings. The minimum absolute atomic E-state index is 0.261. The number of amides is 2. The Hall–Kier alpha value is -3.39. The summed E-state index contributed by atoms with van der Waals surface area (Å²) in [7, 11) is 2.87. The van der Waals surface area contributed by atoms with Gasteiger partial charge >= 0.3 is 0 Å². The number of rotatable bonds is 11. The lowest BCUT2D eigenvalue weighted by Gasteiger charge is -2.22. The SMILES string of the molecule is C=CCC(NC(=O)c1cc(C)nn1-c1cccc(OCCC(=C)C)c1)C(=O)N(C)OC. The van der Waals surface area contributed by atoms with Crippen molar-refractivity contribution >= 4 is 11.8 Å². The number of carbonyl (C=O) groups is 2. The van der Waals surface area contributed by atoms with Crippen LogP contribution >= 0.6 is 0 Å². The molecule has 0 saturated heterocycles. The molecule has 1 N–H and O–H groups in total. The quantitative estimate of drug-likeness (QED) is 0.440. The minimum atomic E-state index is -0.810. The van der Waals surface area contributed by atoms with Crippen LogP contribution in [0.2, 0.25) is 0 Å². The lowest BCUT2D eigenvalue weighted by atomic mass is 10.1. The molecular weight excluding hydrogens is 396 g/mol. The van der Waals surface area contributed by atoms with Crippen LogP contribution in [0.3, 0.4) is 0 Å². The van der Waals surface area contributed by atoms with Crippen molar-refractivity contribution in [2.45, 2.75) is 32.7 Å². The molecule has 8 heteroatoms. The molecular formula is C23H30N4O4. The van der Waals surface area contributed by atoms with Crippen molar-refractivity contribution in [2.24, 2.45) is 0 Å². The molecule has 2 rings (SSSR count). The number of nitrogens with zero attached hydrogens (tertiary/aromatic N) is 3. The number of ether oxygens (including phenoxy) is 1. The van der Waals surface area contributed by atoms with E-state index in [1.165, 1.54) is 18.8 Å². The van der Waals surface area contributed by atoms with Crippen molar-refractivity contribution in [3.05, 3.63) is 66.5 Å². The normalized spacial score (nSPS) is 11.5. The summed E-state index contributed by atoms with van der Waals surface area (Å²) in [6, 6.07) is 8.18. The molecule has 0 radical (unpaired) electrons. The van der Waals surface area contributed by atoms with Crippen molar-refractivity contribution in [3.8, 4) is 11.4 Å². The predicted octanol–water partition coefficient (Wildman–Crippen LogP) is 3.22. The third kappa shape index (κ3) is 6.55. The molecule has 0 aliphatic rings. The summed E-state index contributed by atoms with van der Waals surface area (Å²) < 4.78 is 7.31. The number of likely N-dealkylation sites (N-methyl/N-ethyl adjacent to an activating group) is 1. The summed E-state index contributed by atoms with van der Waals surface area (Å²) in [5.41, 5.74) is 2.69. The summed E-state index contributed by atoms with van der Waals surface area (Å²) in [5.74, 6) is -0.148. The molecule has 0 bridgehead atoms. The fraction of sp³-hybridized carbons (Fsp3) is 0.348. The first kappa shape index (κ1) is 23.9. The molecule has 1 heterocycles. The Kier molecular flexibility index (Phi) is 8.57. The van der Waals surface area contributed by atoms with Crippen LogP contribution in [0.4, 0.5) is 0 Å². The Morgan fingerprint density at radius 2 is 2.10 bits per heavy atom. The Bertz CT molecular complexity index is 951. The Morgan fingerprint density at radius 3 is 2.74 bits per heavy atom. The molecule has 8 nitrogen and oxygen atoms in total. The maximum Gasteiger partial charge on any atom is 0.270 e. The van der Waals surface area contributed by atoms with Crippen LogP contribution in [0, 0.1) is 6.92 Å². The van der Waals surface area contributed by atoms with Crippen molar-refractivity contribution in [3.63, 3.8) is 0 Å². The van der Waals surface area contributed by atoms with Gasteiger partial charge in [0, 0.05) is 19.5 Å². The second-order valence-corrected chi connectivity index (χ2v) is 7.20. The van der Waals surface area contributed by atoms with E-state index in [1.54, 1.807) is 19.1 Å². The van der Waals surface area contributed by atoms with Crippen LogP contribution in [0.25, 0.3) is 5.69 Å². The lowest BCUT2D eigenvalue weighted by molar-refractivity contribution is -0.170. The molecule has 0 aliphatic carbocycles. The summed E-state index contributed by atoms with van der Waals surface area (Å²) in [6.45, 7) is 11.8. The van der Waals surface area contributed by atoms with Crippen LogP contribution in [-0.4, -0.2) is 53.5 Å². The average Bonchev–Trinajstić information content (AvgIpc) is 3.14. The van der Waals surface area contributed by atoms with E-state index in [0.717, 1.165) is 17.1 Å². The maximum absolute atomic E-state index is 13.0. The summed E-state index contributed by atoms with van der Waals surface area (Å²) in [4.78, 5) is 30.4. The fourth-order valence-electron chi connectivity index (χ4n) is 2.84. The van der Waals surface area contributed by atoms with Crippen LogP contribution in [0.1, 0.15) is 35.9 Å². The molecule has 0 aliphatic heterocycles. The van der Waals surface area contributed by atoms with E-state index in [9.17, 15) is 9.59 Å². The molecule has 1 unspecified atom stereocenters. The number of nitrogens with one attached hydrogen (secondary N) is 1. The standard InChI is InChI=1S/C23H30N4O4/c1-7-9-20(23(29)26(5)30-6)24-22(28)21-14-17(4)25-27(21)18-10-8-11-19(15-18)31-13-12-16(2)3/h7-8,10-11,14-15,20H,1-2,9,12-13H2,3-6H3,(H,24,28). The molecule has 2 amide bonds. The molecule has 1 aromatic carbocycles. The second kappa shape index (κ2) is 11.1. The number of benzene rings is 1. The molecule has 31 heavy (non-hydrogen) atoms. The van der Waals surface area contributed by atoms with Gasteiger partial charge in [-0.25, -0.2) is 9.75 Å². The van der Waals surface area contributed by atoms with Crippen molar-refractivity contribution in [1.29, 1.82) is 0 Å². The number of hydrogen-bond acceptors (Lipinski definition) is 5. The Morgan fingerprint density at radius 1 is 1.35 bits per heavy atom. The maximum atomic E-state index is 13.0. The van der Waals surface area contributed by atoms with Crippen LogP contribution in [-0.2, 0) is 9.63 Å². The summed E-state index contributed by atoms with van der Waals surface area (Å²) >= 11 is 0. The van der Waals surface area contributed by atoms with E-state index >= 15 is 0 Å².